The first-order valence-corrected chi connectivity index (χ1v) is 11.1. The molecule has 148 valence electrons. The average Bonchev–Trinajstić information content (AvgIpc) is 2.88. The smallest absolute Gasteiger partial charge is 0.0540 e. The van der Waals surface area contributed by atoms with Crippen molar-refractivity contribution in [2.45, 2.75) is 41.9 Å². The predicted molar refractivity (Wildman–Crippen MR) is 118 cm³/mol. The number of nitrogens with zero attached hydrogens (tertiary/aromatic N) is 2. The Morgan fingerprint density at radius 2 is 2.07 bits per heavy atom. The number of hydrogen-bond donors (Lipinski definition) is 2. The van der Waals surface area contributed by atoms with Crippen LogP contribution in [-0.2, 0) is 6.42 Å². The molecule has 2 aromatic carbocycles. The fourth-order valence-corrected chi connectivity index (χ4v) is 5.51. The maximum Gasteiger partial charge on any atom is 0.0540 e. The predicted octanol–water partition coefficient (Wildman–Crippen LogP) is 5.17. The molecule has 0 aromatic heterocycles. The van der Waals surface area contributed by atoms with E-state index in [9.17, 15) is 0 Å². The Labute approximate surface area is 176 Å². The lowest BCUT2D eigenvalue weighted by Crippen LogP contribution is -2.44. The van der Waals surface area contributed by atoms with Gasteiger partial charge in [0.25, 0.3) is 0 Å². The van der Waals surface area contributed by atoms with Crippen molar-refractivity contribution in [1.82, 2.24) is 5.32 Å². The number of oxime groups is 1. The Morgan fingerprint density at radius 3 is 2.86 bits per heavy atom. The van der Waals surface area contributed by atoms with E-state index in [0.29, 0.717) is 5.92 Å². The van der Waals surface area contributed by atoms with Crippen LogP contribution in [0.15, 0.2) is 51.3 Å². The van der Waals surface area contributed by atoms with E-state index >= 15 is 0 Å². The summed E-state index contributed by atoms with van der Waals surface area (Å²) >= 11 is 8.21. The molecule has 2 aliphatic rings. The van der Waals surface area contributed by atoms with E-state index in [1.165, 1.54) is 26.6 Å². The van der Waals surface area contributed by atoms with Crippen LogP contribution >= 0.6 is 23.4 Å². The van der Waals surface area contributed by atoms with E-state index in [0.717, 1.165) is 56.2 Å². The summed E-state index contributed by atoms with van der Waals surface area (Å²) in [5.41, 5.74) is 4.88. The van der Waals surface area contributed by atoms with Crippen LogP contribution in [0.3, 0.4) is 0 Å². The second-order valence-corrected chi connectivity index (χ2v) is 9.07. The summed E-state index contributed by atoms with van der Waals surface area (Å²) < 4.78 is 0. The quantitative estimate of drug-likeness (QED) is 0.410. The number of hydrogen-bond acceptors (Lipinski definition) is 5. The Morgan fingerprint density at radius 1 is 1.25 bits per heavy atom. The molecule has 4 rings (SSSR count). The summed E-state index contributed by atoms with van der Waals surface area (Å²) in [6.45, 7) is 6.02. The van der Waals surface area contributed by atoms with Gasteiger partial charge in [-0.2, -0.15) is 0 Å². The fraction of sp³-hybridized carbons (Fsp3) is 0.409. The lowest BCUT2D eigenvalue weighted by atomic mass is 9.87. The number of piperazine rings is 1. The van der Waals surface area contributed by atoms with Crippen LogP contribution in [0.5, 0.6) is 0 Å². The fourth-order valence-electron chi connectivity index (χ4n) is 4.15. The van der Waals surface area contributed by atoms with E-state index in [1.54, 1.807) is 0 Å². The second-order valence-electron chi connectivity index (χ2n) is 7.55. The lowest BCUT2D eigenvalue weighted by Gasteiger charge is -2.32. The zero-order valence-corrected chi connectivity index (χ0v) is 17.7. The summed E-state index contributed by atoms with van der Waals surface area (Å²) in [6.07, 6.45) is 2.70. The van der Waals surface area contributed by atoms with Crippen LogP contribution in [0.2, 0.25) is 5.02 Å². The first kappa shape index (κ1) is 19.6. The molecule has 1 unspecified atom stereocenters. The van der Waals surface area contributed by atoms with Crippen molar-refractivity contribution < 1.29 is 5.21 Å². The number of halogens is 1. The molecule has 0 amide bonds. The molecular weight excluding hydrogens is 390 g/mol. The highest BCUT2D eigenvalue weighted by atomic mass is 35.5. The van der Waals surface area contributed by atoms with Gasteiger partial charge in [0.2, 0.25) is 0 Å². The summed E-state index contributed by atoms with van der Waals surface area (Å²) in [4.78, 5) is 5.13. The molecule has 1 saturated heterocycles. The SMILES string of the molecule is C/C(CCC1Cc2c(cccc2N2CCNCC2)Sc2ccc(Cl)cc21)=N\O. The maximum atomic E-state index is 9.08. The highest BCUT2D eigenvalue weighted by molar-refractivity contribution is 7.99. The number of anilines is 1. The van der Waals surface area contributed by atoms with Crippen molar-refractivity contribution in [3.8, 4) is 0 Å². The van der Waals surface area contributed by atoms with Gasteiger partial charge in [0.1, 0.15) is 0 Å². The number of fused-ring (bicyclic) bond motifs is 2. The van der Waals surface area contributed by atoms with E-state index < -0.39 is 0 Å². The zero-order valence-electron chi connectivity index (χ0n) is 16.1. The van der Waals surface area contributed by atoms with Crippen LogP contribution < -0.4 is 10.2 Å². The third-order valence-corrected chi connectivity index (χ3v) is 7.10. The molecule has 2 aliphatic heterocycles. The first-order chi connectivity index (χ1) is 13.7. The van der Waals surface area contributed by atoms with E-state index in [4.69, 9.17) is 16.8 Å². The van der Waals surface area contributed by atoms with Crippen LogP contribution in [0.25, 0.3) is 0 Å². The van der Waals surface area contributed by atoms with E-state index in [1.807, 2.05) is 24.8 Å². The van der Waals surface area contributed by atoms with Crippen LogP contribution in [0, 0.1) is 0 Å². The summed E-state index contributed by atoms with van der Waals surface area (Å²) in [7, 11) is 0. The maximum absolute atomic E-state index is 9.08. The zero-order chi connectivity index (χ0) is 19.5. The molecule has 6 heteroatoms. The molecule has 0 bridgehead atoms. The summed E-state index contributed by atoms with van der Waals surface area (Å²) in [5, 5.41) is 16.7. The average molecular weight is 416 g/mol. The molecule has 2 aromatic rings. The minimum atomic E-state index is 0.350. The summed E-state index contributed by atoms with van der Waals surface area (Å²) in [6, 6.07) is 12.9. The molecule has 0 saturated carbocycles. The van der Waals surface area contributed by atoms with Gasteiger partial charge in [-0.1, -0.05) is 34.6 Å². The Hall–Kier alpha value is -1.69. The third kappa shape index (κ3) is 4.17. The molecule has 0 spiro atoms. The number of benzene rings is 2. The van der Waals surface area contributed by atoms with Gasteiger partial charge < -0.3 is 15.4 Å². The molecule has 1 atom stereocenters. The highest BCUT2D eigenvalue weighted by Gasteiger charge is 2.26. The molecule has 2 heterocycles. The van der Waals surface area contributed by atoms with Gasteiger partial charge in [-0.05, 0) is 73.6 Å². The van der Waals surface area contributed by atoms with Gasteiger partial charge in [-0.3, -0.25) is 0 Å². The molecule has 0 radical (unpaired) electrons. The largest absolute Gasteiger partial charge is 0.411 e. The number of rotatable bonds is 4. The molecule has 1 fully saturated rings. The Kier molecular flexibility index (Phi) is 6.14. The number of nitrogens with one attached hydrogen (secondary N) is 1. The normalized spacial score (nSPS) is 19.7. The second kappa shape index (κ2) is 8.76. The van der Waals surface area contributed by atoms with Crippen LogP contribution in [0.1, 0.15) is 36.8 Å². The first-order valence-electron chi connectivity index (χ1n) is 9.88. The lowest BCUT2D eigenvalue weighted by molar-refractivity contribution is 0.317. The molecule has 4 nitrogen and oxygen atoms in total. The summed E-state index contributed by atoms with van der Waals surface area (Å²) in [5.74, 6) is 0.350. The minimum Gasteiger partial charge on any atom is -0.411 e. The molecule has 2 N–H and O–H groups in total. The van der Waals surface area contributed by atoms with Gasteiger partial charge in [-0.15, -0.1) is 0 Å². The van der Waals surface area contributed by atoms with Crippen molar-refractivity contribution in [1.29, 1.82) is 0 Å². The van der Waals surface area contributed by atoms with Crippen molar-refractivity contribution in [2.24, 2.45) is 5.16 Å². The van der Waals surface area contributed by atoms with Crippen molar-refractivity contribution >= 4 is 34.8 Å². The Balaban J connectivity index is 1.73. The van der Waals surface area contributed by atoms with Gasteiger partial charge in [-0.25, -0.2) is 0 Å². The van der Waals surface area contributed by atoms with Crippen LogP contribution in [0.4, 0.5) is 5.69 Å². The topological polar surface area (TPSA) is 47.9 Å². The standard InChI is InChI=1S/C22H26ClN3OS/c1-15(25-27)5-6-16-13-19-20(26-11-9-24-10-12-26)3-2-4-21(19)28-22-8-7-17(23)14-18(16)22/h2-4,7-8,14,16,24,27H,5-6,9-13H2,1H3/b25-15+. The molecule has 28 heavy (non-hydrogen) atoms. The Bertz CT molecular complexity index is 880. The van der Waals surface area contributed by atoms with Crippen molar-refractivity contribution in [3.05, 3.63) is 52.5 Å². The van der Waals surface area contributed by atoms with Gasteiger partial charge in [0.15, 0.2) is 0 Å². The molecular formula is C22H26ClN3OS. The monoisotopic (exact) mass is 415 g/mol. The highest BCUT2D eigenvalue weighted by Crippen LogP contribution is 2.46. The van der Waals surface area contributed by atoms with E-state index in [-0.39, 0.29) is 0 Å². The third-order valence-electron chi connectivity index (χ3n) is 5.67. The van der Waals surface area contributed by atoms with Gasteiger partial charge in [0, 0.05) is 46.7 Å². The van der Waals surface area contributed by atoms with Gasteiger partial charge in [0.05, 0.1) is 5.71 Å². The molecule has 0 aliphatic carbocycles. The van der Waals surface area contributed by atoms with E-state index in [2.05, 4.69) is 45.7 Å². The van der Waals surface area contributed by atoms with Gasteiger partial charge >= 0.3 is 0 Å². The van der Waals surface area contributed by atoms with Crippen molar-refractivity contribution in [2.75, 3.05) is 31.1 Å². The van der Waals surface area contributed by atoms with Crippen LogP contribution in [-0.4, -0.2) is 37.1 Å². The minimum absolute atomic E-state index is 0.350. The van der Waals surface area contributed by atoms with Crippen molar-refractivity contribution in [3.63, 3.8) is 0 Å².